The molecule has 1 saturated carbocycles. The molecule has 180 valence electrons. The van der Waals surface area contributed by atoms with Crippen LogP contribution in [0.3, 0.4) is 0 Å². The molecule has 0 radical (unpaired) electrons. The molecule has 8 heteroatoms. The molecule has 0 heterocycles. The average Bonchev–Trinajstić information content (AvgIpc) is 2.80. The van der Waals surface area contributed by atoms with E-state index in [4.69, 9.17) is 14.2 Å². The van der Waals surface area contributed by atoms with E-state index >= 15 is 0 Å². The highest BCUT2D eigenvalue weighted by Crippen LogP contribution is 2.24. The number of ether oxygens (including phenoxy) is 3. The van der Waals surface area contributed by atoms with Crippen LogP contribution in [-0.4, -0.2) is 74.7 Å². The van der Waals surface area contributed by atoms with Crippen LogP contribution in [0.1, 0.15) is 44.6 Å². The lowest BCUT2D eigenvalue weighted by atomic mass is 9.89. The van der Waals surface area contributed by atoms with Gasteiger partial charge in [-0.2, -0.15) is 0 Å². The maximum atomic E-state index is 12.6. The molecule has 1 aliphatic carbocycles. The second kappa shape index (κ2) is 14.7. The Kier molecular flexibility index (Phi) is 11.9. The van der Waals surface area contributed by atoms with Crippen LogP contribution < -0.4 is 10.1 Å². The summed E-state index contributed by atoms with van der Waals surface area (Å²) in [5.41, 5.74) is 0.870. The zero-order chi connectivity index (χ0) is 23.2. The highest BCUT2D eigenvalue weighted by Gasteiger charge is 2.21. The van der Waals surface area contributed by atoms with Crippen molar-refractivity contribution in [2.45, 2.75) is 51.6 Å². The fraction of sp³-hybridized carbons (Fsp3) is 0.667. The molecule has 8 nitrogen and oxygen atoms in total. The predicted octanol–water partition coefficient (Wildman–Crippen LogP) is 3.34. The summed E-state index contributed by atoms with van der Waals surface area (Å²) in [6, 6.07) is 7.26. The summed E-state index contributed by atoms with van der Waals surface area (Å²) in [6.07, 6.45) is 5.55. The van der Waals surface area contributed by atoms with Crippen molar-refractivity contribution in [3.05, 3.63) is 29.8 Å². The minimum atomic E-state index is -0.964. The van der Waals surface area contributed by atoms with Crippen LogP contribution in [0.5, 0.6) is 5.75 Å². The summed E-state index contributed by atoms with van der Waals surface area (Å²) in [4.78, 5) is 25.7. The van der Waals surface area contributed by atoms with E-state index in [9.17, 15) is 14.7 Å². The molecule has 1 aromatic rings. The van der Waals surface area contributed by atoms with Gasteiger partial charge in [-0.3, -0.25) is 0 Å². The summed E-state index contributed by atoms with van der Waals surface area (Å²) in [7, 11) is 1.61. The largest absolute Gasteiger partial charge is 0.492 e. The molecular weight excluding hydrogens is 412 g/mol. The van der Waals surface area contributed by atoms with Crippen molar-refractivity contribution in [1.29, 1.82) is 0 Å². The van der Waals surface area contributed by atoms with E-state index in [0.717, 1.165) is 12.1 Å². The van der Waals surface area contributed by atoms with Crippen molar-refractivity contribution in [3.63, 3.8) is 0 Å². The fourth-order valence-electron chi connectivity index (χ4n) is 3.96. The van der Waals surface area contributed by atoms with E-state index in [1.165, 1.54) is 32.1 Å². The van der Waals surface area contributed by atoms with E-state index in [1.807, 2.05) is 29.2 Å². The number of urea groups is 1. The van der Waals surface area contributed by atoms with Gasteiger partial charge in [-0.1, -0.05) is 31.4 Å². The Morgan fingerprint density at radius 2 is 1.88 bits per heavy atom. The van der Waals surface area contributed by atoms with Crippen LogP contribution in [0, 0.1) is 5.92 Å². The average molecular weight is 451 g/mol. The third-order valence-electron chi connectivity index (χ3n) is 5.69. The third-order valence-corrected chi connectivity index (χ3v) is 5.69. The van der Waals surface area contributed by atoms with E-state index in [0.29, 0.717) is 51.0 Å². The van der Waals surface area contributed by atoms with E-state index in [1.54, 1.807) is 14.0 Å². The molecule has 0 aliphatic heterocycles. The molecule has 32 heavy (non-hydrogen) atoms. The van der Waals surface area contributed by atoms with Gasteiger partial charge in [-0.25, -0.2) is 9.59 Å². The minimum absolute atomic E-state index is 0.0813. The Bertz CT molecular complexity index is 676. The Hall–Kier alpha value is -2.32. The van der Waals surface area contributed by atoms with Crippen LogP contribution in [0.25, 0.3) is 0 Å². The van der Waals surface area contributed by atoms with Crippen LogP contribution in [0.4, 0.5) is 4.79 Å². The van der Waals surface area contributed by atoms with Gasteiger partial charge >= 0.3 is 12.0 Å². The van der Waals surface area contributed by atoms with E-state index in [2.05, 4.69) is 5.32 Å². The lowest BCUT2D eigenvalue weighted by Gasteiger charge is -2.30. The van der Waals surface area contributed by atoms with Crippen LogP contribution in [-0.2, 0) is 20.7 Å². The third kappa shape index (κ3) is 9.44. The number of hydrogen-bond donors (Lipinski definition) is 2. The van der Waals surface area contributed by atoms with Crippen LogP contribution in [0.2, 0.25) is 0 Å². The van der Waals surface area contributed by atoms with Crippen molar-refractivity contribution in [3.8, 4) is 5.75 Å². The highest BCUT2D eigenvalue weighted by molar-refractivity contribution is 5.74. The highest BCUT2D eigenvalue weighted by atomic mass is 16.5. The fourth-order valence-corrected chi connectivity index (χ4v) is 3.96. The molecule has 2 N–H and O–H groups in total. The molecule has 0 spiro atoms. The number of carbonyl (C=O) groups is 2. The van der Waals surface area contributed by atoms with Crippen LogP contribution >= 0.6 is 0 Å². The Labute approximate surface area is 191 Å². The van der Waals surface area contributed by atoms with Gasteiger partial charge in [-0.05, 0) is 43.4 Å². The number of carboxylic acids is 1. The molecule has 1 aromatic carbocycles. The number of amides is 2. The Morgan fingerprint density at radius 1 is 1.16 bits per heavy atom. The van der Waals surface area contributed by atoms with Gasteiger partial charge in [0.15, 0.2) is 6.10 Å². The van der Waals surface area contributed by atoms with Crippen LogP contribution in [0.15, 0.2) is 24.3 Å². The van der Waals surface area contributed by atoms with E-state index < -0.39 is 12.1 Å². The first kappa shape index (κ1) is 25.9. The van der Waals surface area contributed by atoms with Crippen molar-refractivity contribution < 1.29 is 28.9 Å². The summed E-state index contributed by atoms with van der Waals surface area (Å²) >= 11 is 0. The second-order valence-corrected chi connectivity index (χ2v) is 8.15. The lowest BCUT2D eigenvalue weighted by Crippen LogP contribution is -2.45. The van der Waals surface area contributed by atoms with Gasteiger partial charge in [0, 0.05) is 33.2 Å². The first-order valence-electron chi connectivity index (χ1n) is 11.6. The molecule has 1 atom stereocenters. The maximum absolute atomic E-state index is 12.6. The minimum Gasteiger partial charge on any atom is -0.492 e. The molecule has 0 aromatic heterocycles. The zero-order valence-corrected chi connectivity index (χ0v) is 19.4. The molecule has 0 bridgehead atoms. The van der Waals surface area contributed by atoms with Gasteiger partial charge in [0.2, 0.25) is 0 Å². The first-order chi connectivity index (χ1) is 15.5. The van der Waals surface area contributed by atoms with Gasteiger partial charge in [0.05, 0.1) is 13.2 Å². The summed E-state index contributed by atoms with van der Waals surface area (Å²) in [6.45, 7) is 4.74. The number of benzene rings is 1. The Morgan fingerprint density at radius 3 is 2.50 bits per heavy atom. The lowest BCUT2D eigenvalue weighted by molar-refractivity contribution is -0.149. The van der Waals surface area contributed by atoms with Crippen molar-refractivity contribution in [2.24, 2.45) is 5.92 Å². The Balaban J connectivity index is 1.85. The number of methoxy groups -OCH3 is 1. The number of aliphatic carboxylic acids is 1. The van der Waals surface area contributed by atoms with Crippen molar-refractivity contribution in [2.75, 3.05) is 46.6 Å². The maximum Gasteiger partial charge on any atom is 0.333 e. The number of carboxylic acid groups (broad SMARTS) is 1. The first-order valence-corrected chi connectivity index (χ1v) is 11.6. The van der Waals surface area contributed by atoms with Gasteiger partial charge < -0.3 is 29.5 Å². The standard InChI is InChI=1S/C24H38N2O6/c1-3-31-22(23(27)28)17-19-9-11-21(12-10-19)32-16-14-26(24(29)25-13-15-30-2)18-20-7-5-4-6-8-20/h9-12,20,22H,3-8,13-18H2,1-2H3,(H,25,29)(H,27,28). The number of nitrogens with one attached hydrogen (secondary N) is 1. The number of hydrogen-bond acceptors (Lipinski definition) is 5. The van der Waals surface area contributed by atoms with Crippen molar-refractivity contribution in [1.82, 2.24) is 10.2 Å². The molecule has 1 fully saturated rings. The number of rotatable bonds is 14. The summed E-state index contributed by atoms with van der Waals surface area (Å²) in [5, 5.41) is 12.1. The summed E-state index contributed by atoms with van der Waals surface area (Å²) < 4.78 is 16.2. The monoisotopic (exact) mass is 450 g/mol. The quantitative estimate of drug-likeness (QED) is 0.422. The zero-order valence-electron chi connectivity index (χ0n) is 19.4. The second-order valence-electron chi connectivity index (χ2n) is 8.15. The SMILES string of the molecule is CCOC(Cc1ccc(OCCN(CC2CCCCC2)C(=O)NCCOC)cc1)C(=O)O. The topological polar surface area (TPSA) is 97.3 Å². The van der Waals surface area contributed by atoms with Gasteiger partial charge in [0.25, 0.3) is 0 Å². The van der Waals surface area contributed by atoms with Gasteiger partial charge in [-0.15, -0.1) is 0 Å². The predicted molar refractivity (Wildman–Crippen MR) is 122 cm³/mol. The number of nitrogens with zero attached hydrogens (tertiary/aromatic N) is 1. The molecular formula is C24H38N2O6. The normalized spacial score (nSPS) is 15.2. The van der Waals surface area contributed by atoms with E-state index in [-0.39, 0.29) is 6.03 Å². The molecule has 2 rings (SSSR count). The molecule has 0 saturated heterocycles. The summed E-state index contributed by atoms with van der Waals surface area (Å²) in [5.74, 6) is 0.271. The molecule has 2 amide bonds. The number of carbonyl (C=O) groups excluding carboxylic acids is 1. The molecule has 1 aliphatic rings. The molecule has 1 unspecified atom stereocenters. The van der Waals surface area contributed by atoms with Crippen molar-refractivity contribution >= 4 is 12.0 Å². The smallest absolute Gasteiger partial charge is 0.333 e. The van der Waals surface area contributed by atoms with Gasteiger partial charge in [0.1, 0.15) is 12.4 Å².